The molecular weight excluding hydrogens is 278 g/mol. The van der Waals surface area contributed by atoms with Crippen molar-refractivity contribution in [3.05, 3.63) is 33.8 Å². The molecule has 3 heteroatoms. The Hall–Kier alpha value is -0.380. The van der Waals surface area contributed by atoms with E-state index < -0.39 is 0 Å². The van der Waals surface area contributed by atoms with E-state index in [9.17, 15) is 0 Å². The third kappa shape index (κ3) is 5.66. The van der Waals surface area contributed by atoms with Gasteiger partial charge in [-0.05, 0) is 44.9 Å². The molecule has 0 atom stereocenters. The molecule has 0 aliphatic rings. The van der Waals surface area contributed by atoms with Crippen molar-refractivity contribution in [3.8, 4) is 0 Å². The van der Waals surface area contributed by atoms with Crippen LogP contribution in [0.25, 0.3) is 0 Å². The summed E-state index contributed by atoms with van der Waals surface area (Å²) in [6, 6.07) is 6.43. The SMILES string of the molecule is CCOCc1ccc(CNC(C)(C)C)cc1Br. The Morgan fingerprint density at radius 3 is 2.53 bits per heavy atom. The molecule has 17 heavy (non-hydrogen) atoms. The Morgan fingerprint density at radius 1 is 1.29 bits per heavy atom. The fourth-order valence-electron chi connectivity index (χ4n) is 1.40. The fraction of sp³-hybridized carbons (Fsp3) is 0.571. The van der Waals surface area contributed by atoms with E-state index in [0.717, 1.165) is 17.6 Å². The number of nitrogens with one attached hydrogen (secondary N) is 1. The van der Waals surface area contributed by atoms with Gasteiger partial charge in [0.25, 0.3) is 0 Å². The molecule has 1 aromatic rings. The van der Waals surface area contributed by atoms with Crippen molar-refractivity contribution in [2.75, 3.05) is 6.61 Å². The molecular formula is C14H22BrNO. The summed E-state index contributed by atoms with van der Waals surface area (Å²) >= 11 is 3.59. The van der Waals surface area contributed by atoms with Gasteiger partial charge in [0, 0.05) is 23.2 Å². The van der Waals surface area contributed by atoms with E-state index in [1.807, 2.05) is 6.92 Å². The lowest BCUT2D eigenvalue weighted by atomic mass is 10.1. The zero-order valence-electron chi connectivity index (χ0n) is 11.1. The van der Waals surface area contributed by atoms with Crippen LogP contribution in [-0.2, 0) is 17.9 Å². The standard InChI is InChI=1S/C14H22BrNO/c1-5-17-10-12-7-6-11(8-13(12)15)9-16-14(2,3)4/h6-8,16H,5,9-10H2,1-4H3. The number of hydrogen-bond acceptors (Lipinski definition) is 2. The first-order chi connectivity index (χ1) is 7.92. The maximum atomic E-state index is 5.41. The molecule has 0 saturated carbocycles. The summed E-state index contributed by atoms with van der Waals surface area (Å²) in [6.07, 6.45) is 0. The second kappa shape index (κ2) is 6.53. The monoisotopic (exact) mass is 299 g/mol. The van der Waals surface area contributed by atoms with Gasteiger partial charge in [-0.3, -0.25) is 0 Å². The van der Waals surface area contributed by atoms with Crippen LogP contribution >= 0.6 is 15.9 Å². The normalized spacial score (nSPS) is 11.8. The fourth-order valence-corrected chi connectivity index (χ4v) is 1.94. The van der Waals surface area contributed by atoms with E-state index in [0.29, 0.717) is 6.61 Å². The van der Waals surface area contributed by atoms with Crippen LogP contribution in [0.4, 0.5) is 0 Å². The largest absolute Gasteiger partial charge is 0.377 e. The molecule has 2 nitrogen and oxygen atoms in total. The lowest BCUT2D eigenvalue weighted by Crippen LogP contribution is -2.35. The Morgan fingerprint density at radius 2 is 2.00 bits per heavy atom. The van der Waals surface area contributed by atoms with E-state index in [-0.39, 0.29) is 5.54 Å². The van der Waals surface area contributed by atoms with Crippen molar-refractivity contribution in [3.63, 3.8) is 0 Å². The summed E-state index contributed by atoms with van der Waals surface area (Å²) in [5.74, 6) is 0. The van der Waals surface area contributed by atoms with Crippen molar-refractivity contribution in [1.29, 1.82) is 0 Å². The summed E-state index contributed by atoms with van der Waals surface area (Å²) in [6.45, 7) is 10.8. The molecule has 0 heterocycles. The predicted molar refractivity (Wildman–Crippen MR) is 76.1 cm³/mol. The van der Waals surface area contributed by atoms with Crippen LogP contribution in [0.1, 0.15) is 38.8 Å². The van der Waals surface area contributed by atoms with Crippen LogP contribution in [-0.4, -0.2) is 12.1 Å². The highest BCUT2D eigenvalue weighted by molar-refractivity contribution is 9.10. The molecule has 1 rings (SSSR count). The van der Waals surface area contributed by atoms with Gasteiger partial charge >= 0.3 is 0 Å². The molecule has 1 N–H and O–H groups in total. The van der Waals surface area contributed by atoms with Crippen molar-refractivity contribution >= 4 is 15.9 Å². The highest BCUT2D eigenvalue weighted by atomic mass is 79.9. The second-order valence-corrected chi connectivity index (χ2v) is 6.02. The van der Waals surface area contributed by atoms with Gasteiger partial charge < -0.3 is 10.1 Å². The summed E-state index contributed by atoms with van der Waals surface area (Å²) in [7, 11) is 0. The minimum absolute atomic E-state index is 0.149. The van der Waals surface area contributed by atoms with Crippen LogP contribution in [0.3, 0.4) is 0 Å². The Bertz CT molecular complexity index is 358. The lowest BCUT2D eigenvalue weighted by molar-refractivity contribution is 0.133. The van der Waals surface area contributed by atoms with Gasteiger partial charge in [0.05, 0.1) is 6.61 Å². The van der Waals surface area contributed by atoms with Crippen LogP contribution < -0.4 is 5.32 Å². The first-order valence-electron chi connectivity index (χ1n) is 6.02. The summed E-state index contributed by atoms with van der Waals surface area (Å²) in [4.78, 5) is 0. The van der Waals surface area contributed by atoms with Crippen LogP contribution in [0.5, 0.6) is 0 Å². The van der Waals surface area contributed by atoms with Gasteiger partial charge in [0.2, 0.25) is 0 Å². The van der Waals surface area contributed by atoms with Gasteiger partial charge in [-0.15, -0.1) is 0 Å². The Balaban J connectivity index is 2.62. The quantitative estimate of drug-likeness (QED) is 0.891. The van der Waals surface area contributed by atoms with E-state index in [1.165, 1.54) is 11.1 Å². The molecule has 0 bridgehead atoms. The van der Waals surface area contributed by atoms with E-state index in [2.05, 4.69) is 60.2 Å². The van der Waals surface area contributed by atoms with Crippen molar-refractivity contribution in [1.82, 2.24) is 5.32 Å². The summed E-state index contributed by atoms with van der Waals surface area (Å²) < 4.78 is 6.53. The Labute approximate surface area is 113 Å². The first-order valence-corrected chi connectivity index (χ1v) is 6.82. The van der Waals surface area contributed by atoms with Gasteiger partial charge in [0.1, 0.15) is 0 Å². The molecule has 0 amide bonds. The van der Waals surface area contributed by atoms with Crippen molar-refractivity contribution in [2.45, 2.75) is 46.4 Å². The lowest BCUT2D eigenvalue weighted by Gasteiger charge is -2.20. The minimum atomic E-state index is 0.149. The third-order valence-corrected chi connectivity index (χ3v) is 3.14. The van der Waals surface area contributed by atoms with Crippen LogP contribution in [0.15, 0.2) is 22.7 Å². The summed E-state index contributed by atoms with van der Waals surface area (Å²) in [5, 5.41) is 3.48. The number of ether oxygens (including phenoxy) is 1. The third-order valence-electron chi connectivity index (χ3n) is 2.40. The van der Waals surface area contributed by atoms with Crippen LogP contribution in [0, 0.1) is 0 Å². The maximum Gasteiger partial charge on any atom is 0.0727 e. The number of hydrogen-bond donors (Lipinski definition) is 1. The molecule has 0 fully saturated rings. The highest BCUT2D eigenvalue weighted by Gasteiger charge is 2.09. The van der Waals surface area contributed by atoms with E-state index in [1.54, 1.807) is 0 Å². The molecule has 1 aromatic carbocycles. The van der Waals surface area contributed by atoms with Gasteiger partial charge in [0.15, 0.2) is 0 Å². The molecule has 96 valence electrons. The van der Waals surface area contributed by atoms with Gasteiger partial charge in [-0.2, -0.15) is 0 Å². The van der Waals surface area contributed by atoms with Gasteiger partial charge in [-0.1, -0.05) is 28.1 Å². The predicted octanol–water partition coefficient (Wildman–Crippen LogP) is 3.87. The molecule has 0 unspecified atom stereocenters. The Kier molecular flexibility index (Phi) is 5.63. The van der Waals surface area contributed by atoms with E-state index in [4.69, 9.17) is 4.74 Å². The number of rotatable bonds is 5. The number of benzene rings is 1. The number of halogens is 1. The van der Waals surface area contributed by atoms with Crippen LogP contribution in [0.2, 0.25) is 0 Å². The zero-order valence-corrected chi connectivity index (χ0v) is 12.7. The molecule has 0 spiro atoms. The highest BCUT2D eigenvalue weighted by Crippen LogP contribution is 2.20. The minimum Gasteiger partial charge on any atom is -0.377 e. The molecule has 0 aromatic heterocycles. The molecule has 0 radical (unpaired) electrons. The van der Waals surface area contributed by atoms with E-state index >= 15 is 0 Å². The average Bonchev–Trinajstić information content (AvgIpc) is 2.24. The second-order valence-electron chi connectivity index (χ2n) is 5.17. The zero-order chi connectivity index (χ0) is 12.9. The molecule has 0 aliphatic heterocycles. The first kappa shape index (κ1) is 14.7. The maximum absolute atomic E-state index is 5.41. The topological polar surface area (TPSA) is 21.3 Å². The molecule has 0 aliphatic carbocycles. The average molecular weight is 300 g/mol. The molecule has 0 saturated heterocycles. The van der Waals surface area contributed by atoms with Crippen molar-refractivity contribution in [2.24, 2.45) is 0 Å². The van der Waals surface area contributed by atoms with Crippen molar-refractivity contribution < 1.29 is 4.74 Å². The summed E-state index contributed by atoms with van der Waals surface area (Å²) in [5.41, 5.74) is 2.63. The van der Waals surface area contributed by atoms with Gasteiger partial charge in [-0.25, -0.2) is 0 Å². The smallest absolute Gasteiger partial charge is 0.0727 e.